The van der Waals surface area contributed by atoms with Crippen molar-refractivity contribution in [2.24, 2.45) is 5.73 Å². The van der Waals surface area contributed by atoms with Crippen LogP contribution in [0.3, 0.4) is 0 Å². The van der Waals surface area contributed by atoms with Crippen molar-refractivity contribution >= 4 is 11.6 Å². The van der Waals surface area contributed by atoms with Crippen molar-refractivity contribution in [1.82, 2.24) is 0 Å². The molecule has 0 aliphatic rings. The van der Waals surface area contributed by atoms with E-state index in [1.165, 1.54) is 0 Å². The normalized spacial score (nSPS) is 12.0. The summed E-state index contributed by atoms with van der Waals surface area (Å²) in [5, 5.41) is 0.552. The smallest absolute Gasteiger partial charge is 0.146 e. The highest BCUT2D eigenvalue weighted by Gasteiger charge is 2.07. The van der Waals surface area contributed by atoms with Gasteiger partial charge in [0, 0.05) is 6.04 Å². The summed E-state index contributed by atoms with van der Waals surface area (Å²) < 4.78 is 11.3. The Hall–Kier alpha value is -1.71. The molecule has 2 rings (SSSR count). The molecular weight excluding hydrogens is 286 g/mol. The number of ether oxygens (including phenoxy) is 2. The minimum Gasteiger partial charge on any atom is -0.494 e. The van der Waals surface area contributed by atoms with E-state index in [1.54, 1.807) is 0 Å². The van der Waals surface area contributed by atoms with Gasteiger partial charge in [0.25, 0.3) is 0 Å². The van der Waals surface area contributed by atoms with E-state index >= 15 is 0 Å². The largest absolute Gasteiger partial charge is 0.494 e. The van der Waals surface area contributed by atoms with Gasteiger partial charge in [-0.2, -0.15) is 0 Å². The molecule has 0 saturated heterocycles. The van der Waals surface area contributed by atoms with Crippen molar-refractivity contribution in [2.45, 2.75) is 26.3 Å². The quantitative estimate of drug-likeness (QED) is 0.822. The van der Waals surface area contributed by atoms with E-state index in [0.29, 0.717) is 23.1 Å². The van der Waals surface area contributed by atoms with Gasteiger partial charge in [-0.1, -0.05) is 24.6 Å². The van der Waals surface area contributed by atoms with Crippen molar-refractivity contribution in [2.75, 3.05) is 6.61 Å². The van der Waals surface area contributed by atoms with Crippen LogP contribution in [-0.2, 0) is 0 Å². The number of hydrogen-bond acceptors (Lipinski definition) is 3. The molecule has 2 N–H and O–H groups in total. The Labute approximate surface area is 130 Å². The van der Waals surface area contributed by atoms with Crippen LogP contribution in [-0.4, -0.2) is 6.61 Å². The average molecular weight is 306 g/mol. The van der Waals surface area contributed by atoms with Gasteiger partial charge in [-0.05, 0) is 55.3 Å². The zero-order valence-electron chi connectivity index (χ0n) is 12.3. The second kappa shape index (κ2) is 7.34. The van der Waals surface area contributed by atoms with Gasteiger partial charge in [-0.3, -0.25) is 0 Å². The number of benzene rings is 2. The maximum absolute atomic E-state index is 6.22. The predicted molar refractivity (Wildman–Crippen MR) is 86.4 cm³/mol. The molecule has 0 aliphatic heterocycles. The second-order valence-corrected chi connectivity index (χ2v) is 5.31. The zero-order valence-corrected chi connectivity index (χ0v) is 13.1. The summed E-state index contributed by atoms with van der Waals surface area (Å²) in [6.07, 6.45) is 0.986. The first kappa shape index (κ1) is 15.7. The van der Waals surface area contributed by atoms with Gasteiger partial charge in [-0.15, -0.1) is 0 Å². The zero-order chi connectivity index (χ0) is 15.2. The molecule has 4 heteroatoms. The van der Waals surface area contributed by atoms with E-state index in [1.807, 2.05) is 49.4 Å². The third-order valence-corrected chi connectivity index (χ3v) is 3.30. The van der Waals surface area contributed by atoms with Crippen LogP contribution in [0.4, 0.5) is 0 Å². The molecular formula is C17H20ClNO2. The molecule has 0 bridgehead atoms. The van der Waals surface area contributed by atoms with Crippen LogP contribution in [0.2, 0.25) is 5.02 Å². The molecule has 0 amide bonds. The summed E-state index contributed by atoms with van der Waals surface area (Å²) in [4.78, 5) is 0. The predicted octanol–water partition coefficient (Wildman–Crippen LogP) is 4.94. The molecule has 0 spiro atoms. The summed E-state index contributed by atoms with van der Waals surface area (Å²) in [5.41, 5.74) is 6.81. The van der Waals surface area contributed by atoms with Crippen molar-refractivity contribution in [3.05, 3.63) is 53.1 Å². The summed E-state index contributed by atoms with van der Waals surface area (Å²) in [7, 11) is 0. The van der Waals surface area contributed by atoms with Gasteiger partial charge in [0.15, 0.2) is 0 Å². The first-order valence-corrected chi connectivity index (χ1v) is 7.43. The molecule has 2 aromatic rings. The lowest BCUT2D eigenvalue weighted by atomic mass is 10.1. The fourth-order valence-electron chi connectivity index (χ4n) is 1.83. The molecule has 112 valence electrons. The minimum absolute atomic E-state index is 0.0495. The van der Waals surface area contributed by atoms with Gasteiger partial charge in [0.2, 0.25) is 0 Å². The lowest BCUT2D eigenvalue weighted by Gasteiger charge is -2.11. The molecule has 2 aromatic carbocycles. The van der Waals surface area contributed by atoms with Crippen molar-refractivity contribution in [1.29, 1.82) is 0 Å². The number of hydrogen-bond donors (Lipinski definition) is 1. The average Bonchev–Trinajstić information content (AvgIpc) is 2.48. The molecule has 0 aliphatic carbocycles. The summed E-state index contributed by atoms with van der Waals surface area (Å²) in [6, 6.07) is 13.0. The van der Waals surface area contributed by atoms with Gasteiger partial charge in [0.1, 0.15) is 17.2 Å². The topological polar surface area (TPSA) is 44.5 Å². The Bertz CT molecular complexity index is 582. The van der Waals surface area contributed by atoms with Crippen LogP contribution in [0, 0.1) is 0 Å². The highest BCUT2D eigenvalue weighted by atomic mass is 35.5. The van der Waals surface area contributed by atoms with Crippen LogP contribution in [0.5, 0.6) is 17.2 Å². The highest BCUT2D eigenvalue weighted by Crippen LogP contribution is 2.32. The maximum atomic E-state index is 6.22. The van der Waals surface area contributed by atoms with Crippen LogP contribution < -0.4 is 15.2 Å². The van der Waals surface area contributed by atoms with Crippen LogP contribution in [0.1, 0.15) is 31.9 Å². The summed E-state index contributed by atoms with van der Waals surface area (Å²) in [6.45, 7) is 4.71. The lowest BCUT2D eigenvalue weighted by molar-refractivity contribution is 0.317. The van der Waals surface area contributed by atoms with Gasteiger partial charge < -0.3 is 15.2 Å². The standard InChI is InChI=1S/C17H20ClNO2/c1-3-10-20-14-5-7-15(8-6-14)21-17-9-4-13(12(2)19)11-16(17)18/h4-9,11-12H,3,10,19H2,1-2H3/t12-/m1/s1. The maximum Gasteiger partial charge on any atom is 0.146 e. The fourth-order valence-corrected chi connectivity index (χ4v) is 2.06. The monoisotopic (exact) mass is 305 g/mol. The van der Waals surface area contributed by atoms with Crippen molar-refractivity contribution in [3.63, 3.8) is 0 Å². The first-order valence-electron chi connectivity index (χ1n) is 7.06. The molecule has 1 atom stereocenters. The fraction of sp³-hybridized carbons (Fsp3) is 0.294. The van der Waals surface area contributed by atoms with Gasteiger partial charge in [0.05, 0.1) is 11.6 Å². The lowest BCUT2D eigenvalue weighted by Crippen LogP contribution is -2.04. The van der Waals surface area contributed by atoms with E-state index in [9.17, 15) is 0 Å². The van der Waals surface area contributed by atoms with Crippen LogP contribution in [0.15, 0.2) is 42.5 Å². The molecule has 3 nitrogen and oxygen atoms in total. The van der Waals surface area contributed by atoms with Crippen LogP contribution in [0.25, 0.3) is 0 Å². The van der Waals surface area contributed by atoms with E-state index < -0.39 is 0 Å². The minimum atomic E-state index is -0.0495. The second-order valence-electron chi connectivity index (χ2n) is 4.90. The molecule has 21 heavy (non-hydrogen) atoms. The van der Waals surface area contributed by atoms with E-state index in [0.717, 1.165) is 17.7 Å². The molecule has 0 aromatic heterocycles. The first-order chi connectivity index (χ1) is 10.1. The van der Waals surface area contributed by atoms with E-state index in [2.05, 4.69) is 6.92 Å². The number of rotatable bonds is 6. The third-order valence-electron chi connectivity index (χ3n) is 3.01. The SMILES string of the molecule is CCCOc1ccc(Oc2ccc([C@@H](C)N)cc2Cl)cc1. The molecule has 0 fully saturated rings. The molecule has 0 unspecified atom stereocenters. The molecule has 0 radical (unpaired) electrons. The van der Waals surface area contributed by atoms with Crippen molar-refractivity contribution < 1.29 is 9.47 Å². The Balaban J connectivity index is 2.07. The number of nitrogens with two attached hydrogens (primary N) is 1. The third kappa shape index (κ3) is 4.38. The van der Waals surface area contributed by atoms with Gasteiger partial charge in [-0.25, -0.2) is 0 Å². The van der Waals surface area contributed by atoms with E-state index in [-0.39, 0.29) is 6.04 Å². The Morgan fingerprint density at radius 3 is 2.33 bits per heavy atom. The van der Waals surface area contributed by atoms with E-state index in [4.69, 9.17) is 26.8 Å². The van der Waals surface area contributed by atoms with Crippen LogP contribution >= 0.6 is 11.6 Å². The number of halogens is 1. The van der Waals surface area contributed by atoms with Gasteiger partial charge >= 0.3 is 0 Å². The highest BCUT2D eigenvalue weighted by molar-refractivity contribution is 6.32. The van der Waals surface area contributed by atoms with Crippen molar-refractivity contribution in [3.8, 4) is 17.2 Å². The summed E-state index contributed by atoms with van der Waals surface area (Å²) in [5.74, 6) is 2.17. The Kier molecular flexibility index (Phi) is 5.48. The summed E-state index contributed by atoms with van der Waals surface area (Å²) >= 11 is 6.22. The molecule has 0 saturated carbocycles. The Morgan fingerprint density at radius 2 is 1.76 bits per heavy atom. The molecule has 0 heterocycles. The Morgan fingerprint density at radius 1 is 1.10 bits per heavy atom.